The lowest BCUT2D eigenvalue weighted by molar-refractivity contribution is 0.0827. The number of piperidine rings is 1. The SMILES string of the molecule is CCC.CN(C)C(=O)c1ccc(C2CCNCC2F)cc1. The fraction of sp³-hybridized carbons (Fsp3) is 0.588. The maximum Gasteiger partial charge on any atom is 0.253 e. The van der Waals surface area contributed by atoms with Crippen LogP contribution in [0.5, 0.6) is 0 Å². The summed E-state index contributed by atoms with van der Waals surface area (Å²) in [7, 11) is 3.45. The molecule has 0 aromatic heterocycles. The Kier molecular flexibility index (Phi) is 7.37. The van der Waals surface area contributed by atoms with Gasteiger partial charge in [0.15, 0.2) is 0 Å². The molecule has 1 aromatic rings. The summed E-state index contributed by atoms with van der Waals surface area (Å²) in [6.45, 7) is 5.52. The molecular weight excluding hydrogens is 267 g/mol. The van der Waals surface area contributed by atoms with Crippen LogP contribution in [0.3, 0.4) is 0 Å². The van der Waals surface area contributed by atoms with Gasteiger partial charge in [-0.1, -0.05) is 32.4 Å². The van der Waals surface area contributed by atoms with Crippen LogP contribution in [-0.2, 0) is 0 Å². The normalized spacial score (nSPS) is 21.2. The molecule has 0 aliphatic carbocycles. The molecule has 0 spiro atoms. The number of nitrogens with zero attached hydrogens (tertiary/aromatic N) is 1. The maximum atomic E-state index is 13.8. The second-order valence-electron chi connectivity index (χ2n) is 5.64. The minimum atomic E-state index is -0.839. The van der Waals surface area contributed by atoms with Crippen molar-refractivity contribution >= 4 is 5.91 Å². The molecule has 1 N–H and O–H groups in total. The third kappa shape index (κ3) is 5.12. The minimum absolute atomic E-state index is 0.0244. The first-order valence-electron chi connectivity index (χ1n) is 7.67. The molecule has 118 valence electrons. The van der Waals surface area contributed by atoms with Gasteiger partial charge in [0.25, 0.3) is 5.91 Å². The quantitative estimate of drug-likeness (QED) is 0.908. The smallest absolute Gasteiger partial charge is 0.253 e. The Morgan fingerprint density at radius 3 is 2.33 bits per heavy atom. The van der Waals surface area contributed by atoms with Crippen molar-refractivity contribution in [1.82, 2.24) is 10.2 Å². The number of alkyl halides is 1. The van der Waals surface area contributed by atoms with Crippen LogP contribution in [0.1, 0.15) is 48.5 Å². The van der Waals surface area contributed by atoms with E-state index in [2.05, 4.69) is 19.2 Å². The molecule has 4 heteroatoms. The highest BCUT2D eigenvalue weighted by atomic mass is 19.1. The molecule has 1 amide bonds. The van der Waals surface area contributed by atoms with Crippen molar-refractivity contribution in [3.63, 3.8) is 0 Å². The van der Waals surface area contributed by atoms with Crippen LogP contribution in [0.2, 0.25) is 0 Å². The second kappa shape index (κ2) is 8.78. The highest BCUT2D eigenvalue weighted by Gasteiger charge is 2.25. The average Bonchev–Trinajstić information content (AvgIpc) is 2.48. The number of rotatable bonds is 2. The van der Waals surface area contributed by atoms with E-state index >= 15 is 0 Å². The van der Waals surface area contributed by atoms with Gasteiger partial charge in [0, 0.05) is 32.1 Å². The van der Waals surface area contributed by atoms with E-state index in [-0.39, 0.29) is 11.8 Å². The van der Waals surface area contributed by atoms with Gasteiger partial charge < -0.3 is 10.2 Å². The maximum absolute atomic E-state index is 13.8. The zero-order valence-electron chi connectivity index (χ0n) is 13.5. The number of amides is 1. The van der Waals surface area contributed by atoms with Crippen molar-refractivity contribution in [2.45, 2.75) is 38.8 Å². The van der Waals surface area contributed by atoms with E-state index in [0.29, 0.717) is 12.1 Å². The van der Waals surface area contributed by atoms with E-state index in [9.17, 15) is 9.18 Å². The van der Waals surface area contributed by atoms with Crippen molar-refractivity contribution < 1.29 is 9.18 Å². The molecule has 1 aromatic carbocycles. The zero-order valence-corrected chi connectivity index (χ0v) is 13.5. The van der Waals surface area contributed by atoms with E-state index in [1.54, 1.807) is 26.2 Å². The van der Waals surface area contributed by atoms with E-state index in [0.717, 1.165) is 18.5 Å². The Bertz CT molecular complexity index is 431. The Morgan fingerprint density at radius 1 is 1.29 bits per heavy atom. The number of nitrogens with one attached hydrogen (secondary N) is 1. The van der Waals surface area contributed by atoms with E-state index in [4.69, 9.17) is 0 Å². The summed E-state index contributed by atoms with van der Waals surface area (Å²) in [6, 6.07) is 7.32. The molecule has 1 aliphatic heterocycles. The lowest BCUT2D eigenvalue weighted by Gasteiger charge is -2.27. The molecule has 0 saturated carbocycles. The number of carbonyl (C=O) groups is 1. The molecule has 3 nitrogen and oxygen atoms in total. The van der Waals surface area contributed by atoms with Crippen LogP contribution in [0.25, 0.3) is 0 Å². The highest BCUT2D eigenvalue weighted by molar-refractivity contribution is 5.93. The van der Waals surface area contributed by atoms with Crippen LogP contribution in [0.4, 0.5) is 4.39 Å². The largest absolute Gasteiger partial charge is 0.345 e. The summed E-state index contributed by atoms with van der Waals surface area (Å²) in [5.74, 6) is -0.0709. The number of halogens is 1. The molecule has 1 fully saturated rings. The van der Waals surface area contributed by atoms with Crippen LogP contribution in [0.15, 0.2) is 24.3 Å². The molecular formula is C17H27FN2O. The molecule has 2 atom stereocenters. The zero-order chi connectivity index (χ0) is 15.8. The summed E-state index contributed by atoms with van der Waals surface area (Å²) >= 11 is 0. The van der Waals surface area contributed by atoms with Crippen LogP contribution >= 0.6 is 0 Å². The van der Waals surface area contributed by atoms with Crippen molar-refractivity contribution in [2.24, 2.45) is 0 Å². The van der Waals surface area contributed by atoms with Crippen molar-refractivity contribution in [3.05, 3.63) is 35.4 Å². The fourth-order valence-electron chi connectivity index (χ4n) is 2.33. The third-order valence-corrected chi connectivity index (χ3v) is 3.40. The average molecular weight is 294 g/mol. The van der Waals surface area contributed by atoms with Gasteiger partial charge >= 0.3 is 0 Å². The minimum Gasteiger partial charge on any atom is -0.345 e. The fourth-order valence-corrected chi connectivity index (χ4v) is 2.33. The van der Waals surface area contributed by atoms with Gasteiger partial charge in [0.2, 0.25) is 0 Å². The van der Waals surface area contributed by atoms with Crippen LogP contribution in [-0.4, -0.2) is 44.2 Å². The Hall–Kier alpha value is -1.42. The Morgan fingerprint density at radius 2 is 1.86 bits per heavy atom. The highest BCUT2D eigenvalue weighted by Crippen LogP contribution is 2.27. The monoisotopic (exact) mass is 294 g/mol. The number of hydrogen-bond donors (Lipinski definition) is 1. The molecule has 2 rings (SSSR count). The number of carbonyl (C=O) groups excluding carboxylic acids is 1. The number of hydrogen-bond acceptors (Lipinski definition) is 2. The summed E-state index contributed by atoms with van der Waals surface area (Å²) < 4.78 is 13.8. The second-order valence-corrected chi connectivity index (χ2v) is 5.64. The van der Waals surface area contributed by atoms with Gasteiger partial charge in [-0.25, -0.2) is 4.39 Å². The molecule has 1 heterocycles. The molecule has 1 aliphatic rings. The van der Waals surface area contributed by atoms with Crippen molar-refractivity contribution in [3.8, 4) is 0 Å². The Balaban J connectivity index is 0.000000677. The van der Waals surface area contributed by atoms with Gasteiger partial charge in [-0.3, -0.25) is 4.79 Å². The van der Waals surface area contributed by atoms with Crippen molar-refractivity contribution in [1.29, 1.82) is 0 Å². The van der Waals surface area contributed by atoms with Crippen LogP contribution in [0, 0.1) is 0 Å². The van der Waals surface area contributed by atoms with Gasteiger partial charge in [-0.15, -0.1) is 0 Å². The predicted octanol–water partition coefficient (Wildman–Crippen LogP) is 3.22. The molecule has 2 unspecified atom stereocenters. The van der Waals surface area contributed by atoms with Crippen LogP contribution < -0.4 is 5.32 Å². The molecule has 1 saturated heterocycles. The third-order valence-electron chi connectivity index (χ3n) is 3.40. The lowest BCUT2D eigenvalue weighted by atomic mass is 9.88. The molecule has 21 heavy (non-hydrogen) atoms. The van der Waals surface area contributed by atoms with Gasteiger partial charge in [0.1, 0.15) is 6.17 Å². The van der Waals surface area contributed by atoms with Gasteiger partial charge in [-0.2, -0.15) is 0 Å². The standard InChI is InChI=1S/C14H19FN2O.C3H8/c1-17(2)14(18)11-5-3-10(4-6-11)12-7-8-16-9-13(12)15;1-3-2/h3-6,12-13,16H,7-9H2,1-2H3;3H2,1-2H3. The van der Waals surface area contributed by atoms with E-state index < -0.39 is 6.17 Å². The van der Waals surface area contributed by atoms with Gasteiger partial charge in [-0.05, 0) is 30.7 Å². The van der Waals surface area contributed by atoms with Gasteiger partial charge in [0.05, 0.1) is 0 Å². The van der Waals surface area contributed by atoms with Crippen molar-refractivity contribution in [2.75, 3.05) is 27.2 Å². The summed E-state index contributed by atoms with van der Waals surface area (Å²) in [6.07, 6.45) is 1.22. The van der Waals surface area contributed by atoms with E-state index in [1.807, 2.05) is 12.1 Å². The first-order valence-corrected chi connectivity index (χ1v) is 7.67. The number of benzene rings is 1. The first-order chi connectivity index (χ1) is 10.0. The summed E-state index contributed by atoms with van der Waals surface area (Å²) in [5.41, 5.74) is 1.63. The van der Waals surface area contributed by atoms with E-state index in [1.165, 1.54) is 11.3 Å². The first kappa shape index (κ1) is 17.6. The molecule has 0 bridgehead atoms. The summed E-state index contributed by atoms with van der Waals surface area (Å²) in [4.78, 5) is 13.3. The predicted molar refractivity (Wildman–Crippen MR) is 85.5 cm³/mol. The summed E-state index contributed by atoms with van der Waals surface area (Å²) in [5, 5.41) is 3.04. The topological polar surface area (TPSA) is 32.3 Å². The lowest BCUT2D eigenvalue weighted by Crippen LogP contribution is -2.36. The Labute approximate surface area is 127 Å². The molecule has 0 radical (unpaired) electrons.